The first-order valence-corrected chi connectivity index (χ1v) is 18.1. The zero-order valence-electron chi connectivity index (χ0n) is 29.7. The van der Waals surface area contributed by atoms with Crippen LogP contribution in [0.5, 0.6) is 0 Å². The van der Waals surface area contributed by atoms with E-state index in [9.17, 15) is 0 Å². The van der Waals surface area contributed by atoms with Crippen LogP contribution in [0.4, 0.5) is 17.1 Å². The minimum Gasteiger partial charge on any atom is -0.310 e. The topological polar surface area (TPSA) is 3.24 Å². The maximum Gasteiger partial charge on any atom is 0.0540 e. The number of hydrogen-bond acceptors (Lipinski definition) is 1. The van der Waals surface area contributed by atoms with Crippen LogP contribution in [0.3, 0.4) is 0 Å². The van der Waals surface area contributed by atoms with E-state index in [-0.39, 0.29) is 10.8 Å². The minimum atomic E-state index is -0.0922. The van der Waals surface area contributed by atoms with E-state index >= 15 is 0 Å². The number of anilines is 3. The Labute approximate surface area is 295 Å². The van der Waals surface area contributed by atoms with Crippen molar-refractivity contribution in [2.45, 2.75) is 58.3 Å². The number of fused-ring (bicyclic) bond motifs is 6. The quantitative estimate of drug-likeness (QED) is 0.173. The van der Waals surface area contributed by atoms with Crippen LogP contribution in [-0.2, 0) is 10.8 Å². The fraction of sp³-hybridized carbons (Fsp3) is 0.184. The van der Waals surface area contributed by atoms with Gasteiger partial charge in [-0.25, -0.2) is 0 Å². The molecule has 0 heterocycles. The Kier molecular flexibility index (Phi) is 5.95. The fourth-order valence-electron chi connectivity index (χ4n) is 9.60. The largest absolute Gasteiger partial charge is 0.310 e. The predicted molar refractivity (Wildman–Crippen MR) is 214 cm³/mol. The highest BCUT2D eigenvalue weighted by Crippen LogP contribution is 2.54. The summed E-state index contributed by atoms with van der Waals surface area (Å²) in [5, 5.41) is 7.98. The molecule has 2 aliphatic carbocycles. The van der Waals surface area contributed by atoms with Gasteiger partial charge in [0.1, 0.15) is 0 Å². The second kappa shape index (κ2) is 10.1. The maximum absolute atomic E-state index is 2.54. The van der Waals surface area contributed by atoms with Crippen molar-refractivity contribution in [2.24, 2.45) is 0 Å². The Morgan fingerprint density at radius 2 is 0.900 bits per heavy atom. The first-order valence-electron chi connectivity index (χ1n) is 18.1. The van der Waals surface area contributed by atoms with Gasteiger partial charge in [0, 0.05) is 27.6 Å². The van der Waals surface area contributed by atoms with E-state index in [1.807, 2.05) is 0 Å². The molecule has 0 aliphatic heterocycles. The summed E-state index contributed by atoms with van der Waals surface area (Å²) in [6, 6.07) is 51.0. The summed E-state index contributed by atoms with van der Waals surface area (Å²) in [7, 11) is 0. The molecule has 10 rings (SSSR count). The molecule has 1 heteroatoms. The van der Waals surface area contributed by atoms with Crippen LogP contribution in [0.25, 0.3) is 54.6 Å². The van der Waals surface area contributed by atoms with Gasteiger partial charge in [-0.05, 0) is 113 Å². The lowest BCUT2D eigenvalue weighted by molar-refractivity contribution is 0.660. The lowest BCUT2D eigenvalue weighted by atomic mass is 9.82. The van der Waals surface area contributed by atoms with Crippen LogP contribution in [0, 0.1) is 0 Å². The maximum atomic E-state index is 2.54. The average Bonchev–Trinajstić information content (AvgIpc) is 3.50. The summed E-state index contributed by atoms with van der Waals surface area (Å²) in [5.41, 5.74) is 15.8. The summed E-state index contributed by atoms with van der Waals surface area (Å²) >= 11 is 0. The molecule has 0 saturated carbocycles. The van der Waals surface area contributed by atoms with E-state index in [1.54, 1.807) is 0 Å². The summed E-state index contributed by atoms with van der Waals surface area (Å²) < 4.78 is 0. The van der Waals surface area contributed by atoms with Gasteiger partial charge in [-0.2, -0.15) is 0 Å². The standard InChI is InChI=1S/C49H41N/c1-29(2)34-21-15-30-17-23-40-45(26-18-31-16-22-39(34)46(30)47(31)40)50(32-19-24-37-35-11-7-9-13-41(35)48(3,4)43(37)27-32)33-20-25-38-36-12-8-10-14-42(36)49(5,6)44(38)28-33/h7-29H,1-6H3. The molecule has 1 nitrogen and oxygen atoms in total. The number of hydrogen-bond donors (Lipinski definition) is 0. The lowest BCUT2D eigenvalue weighted by Crippen LogP contribution is -2.18. The monoisotopic (exact) mass is 643 g/mol. The van der Waals surface area contributed by atoms with Gasteiger partial charge in [0.2, 0.25) is 0 Å². The molecule has 242 valence electrons. The zero-order chi connectivity index (χ0) is 34.1. The van der Waals surface area contributed by atoms with E-state index in [4.69, 9.17) is 0 Å². The molecule has 0 unspecified atom stereocenters. The molecule has 2 aliphatic rings. The van der Waals surface area contributed by atoms with Gasteiger partial charge in [0.05, 0.1) is 5.69 Å². The molecule has 0 amide bonds. The summed E-state index contributed by atoms with van der Waals surface area (Å²) in [6.07, 6.45) is 0. The number of nitrogens with zero attached hydrogens (tertiary/aromatic N) is 1. The molecule has 0 saturated heterocycles. The van der Waals surface area contributed by atoms with Crippen molar-refractivity contribution in [1.82, 2.24) is 0 Å². The highest BCUT2D eigenvalue weighted by atomic mass is 15.1. The Hall–Kier alpha value is -5.40. The third-order valence-corrected chi connectivity index (χ3v) is 12.2. The zero-order valence-corrected chi connectivity index (χ0v) is 29.7. The first kappa shape index (κ1) is 29.5. The number of benzene rings is 8. The fourth-order valence-corrected chi connectivity index (χ4v) is 9.60. The second-order valence-electron chi connectivity index (χ2n) is 16.0. The first-order chi connectivity index (χ1) is 24.1. The Morgan fingerprint density at radius 3 is 1.46 bits per heavy atom. The lowest BCUT2D eigenvalue weighted by Gasteiger charge is -2.31. The van der Waals surface area contributed by atoms with Crippen LogP contribution >= 0.6 is 0 Å². The highest BCUT2D eigenvalue weighted by molar-refractivity contribution is 6.26. The third-order valence-electron chi connectivity index (χ3n) is 12.2. The molecular formula is C49H41N. The van der Waals surface area contributed by atoms with Crippen molar-refractivity contribution in [3.8, 4) is 22.3 Å². The van der Waals surface area contributed by atoms with E-state index in [0.717, 1.165) is 0 Å². The Morgan fingerprint density at radius 1 is 0.440 bits per heavy atom. The number of rotatable bonds is 4. The van der Waals surface area contributed by atoms with Crippen LogP contribution in [0.2, 0.25) is 0 Å². The molecule has 50 heavy (non-hydrogen) atoms. The molecule has 8 aromatic rings. The van der Waals surface area contributed by atoms with Gasteiger partial charge in [0.15, 0.2) is 0 Å². The van der Waals surface area contributed by atoms with Crippen LogP contribution in [0.15, 0.2) is 133 Å². The molecule has 0 fully saturated rings. The third kappa shape index (κ3) is 3.84. The molecule has 0 N–H and O–H groups in total. The highest BCUT2D eigenvalue weighted by Gasteiger charge is 2.38. The SMILES string of the molecule is CC(C)c1ccc2ccc3c(N(c4ccc5c(c4)C(C)(C)c4ccccc4-5)c4ccc5c(c4)C(C)(C)c4ccccc4-5)ccc4ccc1c2c43. The van der Waals surface area contributed by atoms with Crippen LogP contribution in [-0.4, -0.2) is 0 Å². The molecule has 0 radical (unpaired) electrons. The second-order valence-corrected chi connectivity index (χ2v) is 16.0. The molecular weight excluding hydrogens is 603 g/mol. The van der Waals surface area contributed by atoms with E-state index in [2.05, 4.69) is 180 Å². The van der Waals surface area contributed by atoms with Crippen LogP contribution in [0.1, 0.15) is 75.3 Å². The van der Waals surface area contributed by atoms with Crippen molar-refractivity contribution in [2.75, 3.05) is 4.90 Å². The molecule has 0 aromatic heterocycles. The van der Waals surface area contributed by atoms with Crippen molar-refractivity contribution >= 4 is 49.4 Å². The summed E-state index contributed by atoms with van der Waals surface area (Å²) in [4.78, 5) is 2.54. The Bertz CT molecular complexity index is 2580. The predicted octanol–water partition coefficient (Wildman–Crippen LogP) is 13.8. The smallest absolute Gasteiger partial charge is 0.0540 e. The van der Waals surface area contributed by atoms with Crippen molar-refractivity contribution in [1.29, 1.82) is 0 Å². The van der Waals surface area contributed by atoms with Gasteiger partial charge in [-0.3, -0.25) is 0 Å². The summed E-state index contributed by atoms with van der Waals surface area (Å²) in [6.45, 7) is 14.1. The van der Waals surface area contributed by atoms with Crippen molar-refractivity contribution in [3.63, 3.8) is 0 Å². The molecule has 8 aromatic carbocycles. The van der Waals surface area contributed by atoms with Crippen molar-refractivity contribution < 1.29 is 0 Å². The molecule has 0 atom stereocenters. The minimum absolute atomic E-state index is 0.0922. The van der Waals surface area contributed by atoms with Gasteiger partial charge in [0.25, 0.3) is 0 Å². The normalized spacial score (nSPS) is 15.1. The average molecular weight is 644 g/mol. The van der Waals surface area contributed by atoms with Gasteiger partial charge in [-0.1, -0.05) is 145 Å². The van der Waals surface area contributed by atoms with Crippen LogP contribution < -0.4 is 4.90 Å². The van der Waals surface area contributed by atoms with Gasteiger partial charge < -0.3 is 4.90 Å². The van der Waals surface area contributed by atoms with E-state index in [1.165, 1.54) is 99.5 Å². The van der Waals surface area contributed by atoms with E-state index < -0.39 is 0 Å². The van der Waals surface area contributed by atoms with Gasteiger partial charge in [-0.15, -0.1) is 0 Å². The molecule has 0 spiro atoms. The summed E-state index contributed by atoms with van der Waals surface area (Å²) in [5.74, 6) is 0.452. The molecule has 0 bridgehead atoms. The van der Waals surface area contributed by atoms with Gasteiger partial charge >= 0.3 is 0 Å². The van der Waals surface area contributed by atoms with E-state index in [0.29, 0.717) is 5.92 Å². The Balaban J connectivity index is 1.26. The van der Waals surface area contributed by atoms with Crippen molar-refractivity contribution in [3.05, 3.63) is 161 Å².